The fraction of sp³-hybridized carbons (Fsp3) is 0.296. The Balaban J connectivity index is 0.00000289. The van der Waals surface area contributed by atoms with E-state index in [9.17, 15) is 0 Å². The number of benzene rings is 3. The van der Waals surface area contributed by atoms with Gasteiger partial charge in [0.05, 0.1) is 17.6 Å². The second-order valence-corrected chi connectivity index (χ2v) is 8.94. The van der Waals surface area contributed by atoms with E-state index in [2.05, 4.69) is 50.1 Å². The molecule has 7 heteroatoms. The summed E-state index contributed by atoms with van der Waals surface area (Å²) in [6.45, 7) is 10.7. The monoisotopic (exact) mass is 521 g/mol. The Morgan fingerprint density at radius 3 is 2.00 bits per heavy atom. The van der Waals surface area contributed by atoms with Crippen LogP contribution in [0.25, 0.3) is 0 Å². The normalized spacial score (nSPS) is 11.2. The summed E-state index contributed by atoms with van der Waals surface area (Å²) in [5.41, 5.74) is 3.01. The molecule has 0 fully saturated rings. The maximum atomic E-state index is 6.03. The van der Waals surface area contributed by atoms with E-state index in [-0.39, 0.29) is 24.8 Å². The third-order valence-electron chi connectivity index (χ3n) is 5.44. The average Bonchev–Trinajstić information content (AvgIpc) is 2.79. The molecule has 0 saturated heterocycles. The molecule has 3 aromatic carbocycles. The molecule has 184 valence electrons. The van der Waals surface area contributed by atoms with Crippen molar-refractivity contribution in [1.82, 2.24) is 0 Å². The highest BCUT2D eigenvalue weighted by atomic mass is 35.5. The van der Waals surface area contributed by atoms with E-state index in [4.69, 9.17) is 16.3 Å². The second-order valence-electron chi connectivity index (χ2n) is 8.51. The van der Waals surface area contributed by atoms with Gasteiger partial charge in [-0.3, -0.25) is 0 Å². The fourth-order valence-electron chi connectivity index (χ4n) is 3.77. The first-order valence-corrected chi connectivity index (χ1v) is 11.6. The molecule has 3 rings (SSSR count). The predicted octanol–water partition coefficient (Wildman–Crippen LogP) is -2.30. The molecule has 0 radical (unpaired) electrons. The van der Waals surface area contributed by atoms with Crippen molar-refractivity contribution < 1.29 is 39.4 Å². The summed E-state index contributed by atoms with van der Waals surface area (Å²) >= 11 is 6.03. The first-order valence-electron chi connectivity index (χ1n) is 11.2. The Morgan fingerprint density at radius 1 is 0.853 bits per heavy atom. The summed E-state index contributed by atoms with van der Waals surface area (Å²) in [5, 5.41) is 4.22. The summed E-state index contributed by atoms with van der Waals surface area (Å²) in [6, 6.07) is 27.2. The SMILES string of the molecule is CC(C)[NH+](CCOc1ccc(NC(=[NH+]c2ccc(Cl)cc2)c2ccccc2)cc1)C(C)C.[Cl-].[Cl-]. The second kappa shape index (κ2) is 14.9. The van der Waals surface area contributed by atoms with Crippen molar-refractivity contribution in [2.75, 3.05) is 18.5 Å². The zero-order valence-corrected chi connectivity index (χ0v) is 22.4. The molecule has 4 nitrogen and oxygen atoms in total. The lowest BCUT2D eigenvalue weighted by atomic mass is 10.2. The van der Waals surface area contributed by atoms with E-state index in [0.717, 1.165) is 35.1 Å². The lowest BCUT2D eigenvalue weighted by molar-refractivity contribution is -0.942. The average molecular weight is 523 g/mol. The summed E-state index contributed by atoms with van der Waals surface area (Å²) in [4.78, 5) is 5.02. The van der Waals surface area contributed by atoms with Crippen molar-refractivity contribution in [2.45, 2.75) is 39.8 Å². The van der Waals surface area contributed by atoms with Crippen LogP contribution in [0, 0.1) is 0 Å². The Morgan fingerprint density at radius 2 is 1.44 bits per heavy atom. The number of halogens is 3. The van der Waals surface area contributed by atoms with Gasteiger partial charge in [0.15, 0.2) is 0 Å². The van der Waals surface area contributed by atoms with Gasteiger partial charge in [-0.25, -0.2) is 10.3 Å². The van der Waals surface area contributed by atoms with E-state index in [1.54, 1.807) is 4.90 Å². The van der Waals surface area contributed by atoms with E-state index >= 15 is 0 Å². The summed E-state index contributed by atoms with van der Waals surface area (Å²) < 4.78 is 6.00. The number of ether oxygens (including phenoxy) is 1. The zero-order chi connectivity index (χ0) is 22.9. The van der Waals surface area contributed by atoms with Crippen LogP contribution in [0.1, 0.15) is 33.3 Å². The summed E-state index contributed by atoms with van der Waals surface area (Å²) in [6.07, 6.45) is 0. The van der Waals surface area contributed by atoms with Gasteiger partial charge in [0.2, 0.25) is 0 Å². The van der Waals surface area contributed by atoms with Gasteiger partial charge in [-0.15, -0.1) is 0 Å². The molecule has 3 aromatic rings. The highest BCUT2D eigenvalue weighted by Gasteiger charge is 2.17. The first kappa shape index (κ1) is 29.8. The molecular formula is C27H34Cl3N3O. The smallest absolute Gasteiger partial charge is 0.285 e. The van der Waals surface area contributed by atoms with Crippen LogP contribution in [0.5, 0.6) is 5.75 Å². The molecule has 0 aliphatic carbocycles. The molecule has 0 aliphatic heterocycles. The van der Waals surface area contributed by atoms with Crippen LogP contribution in [0.4, 0.5) is 11.4 Å². The number of hydrogen-bond acceptors (Lipinski definition) is 1. The summed E-state index contributed by atoms with van der Waals surface area (Å²) in [7, 11) is 0. The Labute approximate surface area is 221 Å². The van der Waals surface area contributed by atoms with Gasteiger partial charge in [-0.2, -0.15) is 0 Å². The molecule has 3 N–H and O–H groups in total. The van der Waals surface area contributed by atoms with Crippen molar-refractivity contribution in [3.8, 4) is 5.75 Å². The maximum absolute atomic E-state index is 6.03. The van der Waals surface area contributed by atoms with Gasteiger partial charge in [-0.1, -0.05) is 29.8 Å². The largest absolute Gasteiger partial charge is 1.00 e. The number of rotatable bonds is 9. The van der Waals surface area contributed by atoms with Gasteiger partial charge in [-0.05, 0) is 88.4 Å². The van der Waals surface area contributed by atoms with Crippen molar-refractivity contribution >= 4 is 28.8 Å². The minimum Gasteiger partial charge on any atom is -1.00 e. The van der Waals surface area contributed by atoms with Crippen molar-refractivity contribution in [3.63, 3.8) is 0 Å². The third-order valence-corrected chi connectivity index (χ3v) is 5.69. The quantitative estimate of drug-likeness (QED) is 0.219. The predicted molar refractivity (Wildman–Crippen MR) is 134 cm³/mol. The highest BCUT2D eigenvalue weighted by molar-refractivity contribution is 6.30. The van der Waals surface area contributed by atoms with Crippen LogP contribution in [0.15, 0.2) is 78.9 Å². The van der Waals surface area contributed by atoms with E-state index in [1.165, 1.54) is 0 Å². The molecule has 0 aromatic heterocycles. The van der Waals surface area contributed by atoms with Gasteiger partial charge in [0.25, 0.3) is 5.84 Å². The van der Waals surface area contributed by atoms with Gasteiger partial charge < -0.3 is 34.5 Å². The van der Waals surface area contributed by atoms with Crippen molar-refractivity contribution in [2.24, 2.45) is 0 Å². The van der Waals surface area contributed by atoms with E-state index < -0.39 is 0 Å². The molecular weight excluding hydrogens is 489 g/mol. The molecule has 0 saturated carbocycles. The number of amidine groups is 1. The van der Waals surface area contributed by atoms with Crippen LogP contribution in [0.3, 0.4) is 0 Å². The molecule has 0 aliphatic rings. The molecule has 34 heavy (non-hydrogen) atoms. The highest BCUT2D eigenvalue weighted by Crippen LogP contribution is 2.16. The Bertz CT molecular complexity index is 984. The number of hydrogen-bond donors (Lipinski definition) is 3. The van der Waals surface area contributed by atoms with Crippen LogP contribution in [-0.4, -0.2) is 31.1 Å². The minimum atomic E-state index is 0. The molecule has 0 heterocycles. The standard InChI is InChI=1S/C27H32ClN3O.2ClH/c1-20(2)31(21(3)4)18-19-32-26-16-14-25(15-17-26)30-27(22-8-6-5-7-9-22)29-24-12-10-23(28)11-13-24;;/h5-17,20-21H,18-19H2,1-4H3,(H,29,30);2*1H. The zero-order valence-electron chi connectivity index (χ0n) is 20.1. The lowest BCUT2D eigenvalue weighted by Gasteiger charge is -2.27. The molecule has 0 amide bonds. The third kappa shape index (κ3) is 9.19. The van der Waals surface area contributed by atoms with Crippen LogP contribution < -0.4 is 44.8 Å². The van der Waals surface area contributed by atoms with Gasteiger partial charge in [0.1, 0.15) is 30.3 Å². The Hall–Kier alpha value is -2.24. The van der Waals surface area contributed by atoms with Crippen molar-refractivity contribution in [1.29, 1.82) is 0 Å². The van der Waals surface area contributed by atoms with Crippen LogP contribution >= 0.6 is 11.6 Å². The van der Waals surface area contributed by atoms with E-state index in [1.807, 2.05) is 66.7 Å². The minimum absolute atomic E-state index is 0. The van der Waals surface area contributed by atoms with Gasteiger partial charge in [0, 0.05) is 5.02 Å². The number of quaternary nitrogens is 1. The van der Waals surface area contributed by atoms with Crippen molar-refractivity contribution in [3.05, 3.63) is 89.4 Å². The van der Waals surface area contributed by atoms with Crippen LogP contribution in [0.2, 0.25) is 5.02 Å². The Kier molecular flexibility index (Phi) is 13.1. The molecule has 0 unspecified atom stereocenters. The maximum Gasteiger partial charge on any atom is 0.285 e. The van der Waals surface area contributed by atoms with E-state index in [0.29, 0.717) is 23.7 Å². The molecule has 0 atom stereocenters. The topological polar surface area (TPSA) is 39.7 Å². The number of anilines is 1. The van der Waals surface area contributed by atoms with Crippen LogP contribution in [-0.2, 0) is 0 Å². The number of nitrogens with one attached hydrogen (secondary N) is 3. The molecule has 0 spiro atoms. The fourth-order valence-corrected chi connectivity index (χ4v) is 3.89. The first-order chi connectivity index (χ1) is 15.4. The lowest BCUT2D eigenvalue weighted by Crippen LogP contribution is -3.18. The van der Waals surface area contributed by atoms with Gasteiger partial charge >= 0.3 is 0 Å². The summed E-state index contributed by atoms with van der Waals surface area (Å²) in [5.74, 6) is 1.78. The molecule has 0 bridgehead atoms.